The molecular formula is C17H30O3. The van der Waals surface area contributed by atoms with Crippen LogP contribution in [0.5, 0.6) is 0 Å². The van der Waals surface area contributed by atoms with Gasteiger partial charge in [-0.25, -0.2) is 4.79 Å². The summed E-state index contributed by atoms with van der Waals surface area (Å²) in [7, 11) is 0. The summed E-state index contributed by atoms with van der Waals surface area (Å²) in [5.41, 5.74) is 0.578. The second kappa shape index (κ2) is 10.9. The van der Waals surface area contributed by atoms with E-state index in [0.717, 1.165) is 32.0 Å². The molecule has 0 saturated heterocycles. The molecule has 20 heavy (non-hydrogen) atoms. The van der Waals surface area contributed by atoms with Gasteiger partial charge < -0.3 is 9.47 Å². The molecule has 0 bridgehead atoms. The molecule has 0 aromatic heterocycles. The first-order valence-corrected chi connectivity index (χ1v) is 8.16. The SMILES string of the molecule is C=C(CCCCOCCC1CCCCC1)C(=O)OCC. The highest BCUT2D eigenvalue weighted by Crippen LogP contribution is 2.26. The molecule has 0 aromatic carbocycles. The standard InChI is InChI=1S/C17H30O3/c1-3-20-17(18)15(2)9-7-8-13-19-14-12-16-10-5-4-6-11-16/h16H,2-14H2,1H3. The summed E-state index contributed by atoms with van der Waals surface area (Å²) < 4.78 is 10.6. The number of carbonyl (C=O) groups excluding carboxylic acids is 1. The lowest BCUT2D eigenvalue weighted by molar-refractivity contribution is -0.138. The number of carbonyl (C=O) groups is 1. The molecule has 0 amide bonds. The van der Waals surface area contributed by atoms with E-state index >= 15 is 0 Å². The highest BCUT2D eigenvalue weighted by Gasteiger charge is 2.12. The number of ether oxygens (including phenoxy) is 2. The van der Waals surface area contributed by atoms with Gasteiger partial charge in [-0.1, -0.05) is 38.7 Å². The Morgan fingerprint density at radius 1 is 1.15 bits per heavy atom. The quantitative estimate of drug-likeness (QED) is 0.341. The van der Waals surface area contributed by atoms with Crippen molar-refractivity contribution in [1.82, 2.24) is 0 Å². The summed E-state index contributed by atoms with van der Waals surface area (Å²) in [5.74, 6) is 0.637. The molecule has 3 nitrogen and oxygen atoms in total. The van der Waals surface area contributed by atoms with Crippen LogP contribution in [0.1, 0.15) is 64.7 Å². The minimum atomic E-state index is -0.259. The third-order valence-corrected chi connectivity index (χ3v) is 3.98. The molecule has 0 aromatic rings. The van der Waals surface area contributed by atoms with Crippen molar-refractivity contribution >= 4 is 5.97 Å². The Kier molecular flexibility index (Phi) is 9.38. The summed E-state index contributed by atoms with van der Waals surface area (Å²) >= 11 is 0. The normalized spacial score (nSPS) is 16.1. The summed E-state index contributed by atoms with van der Waals surface area (Å²) in [5, 5.41) is 0. The zero-order valence-corrected chi connectivity index (χ0v) is 13.0. The van der Waals surface area contributed by atoms with E-state index in [1.807, 2.05) is 6.92 Å². The zero-order valence-electron chi connectivity index (χ0n) is 13.0. The Morgan fingerprint density at radius 2 is 1.90 bits per heavy atom. The highest BCUT2D eigenvalue weighted by molar-refractivity contribution is 5.87. The first-order chi connectivity index (χ1) is 9.74. The molecule has 0 aliphatic heterocycles. The maximum Gasteiger partial charge on any atom is 0.333 e. The minimum Gasteiger partial charge on any atom is -0.463 e. The fourth-order valence-corrected chi connectivity index (χ4v) is 2.71. The largest absolute Gasteiger partial charge is 0.463 e. The third kappa shape index (κ3) is 7.68. The van der Waals surface area contributed by atoms with Crippen molar-refractivity contribution in [3.05, 3.63) is 12.2 Å². The maximum absolute atomic E-state index is 11.3. The van der Waals surface area contributed by atoms with Gasteiger partial charge in [0.1, 0.15) is 0 Å². The Balaban J connectivity index is 1.89. The first kappa shape index (κ1) is 17.2. The molecule has 1 fully saturated rings. The Morgan fingerprint density at radius 3 is 2.60 bits per heavy atom. The van der Waals surface area contributed by atoms with Gasteiger partial charge in [-0.05, 0) is 38.5 Å². The topological polar surface area (TPSA) is 35.5 Å². The molecular weight excluding hydrogens is 252 g/mol. The van der Waals surface area contributed by atoms with Crippen LogP contribution >= 0.6 is 0 Å². The maximum atomic E-state index is 11.3. The zero-order chi connectivity index (χ0) is 14.6. The molecule has 0 unspecified atom stereocenters. The van der Waals surface area contributed by atoms with Gasteiger partial charge in [0.25, 0.3) is 0 Å². The molecule has 3 heteroatoms. The summed E-state index contributed by atoms with van der Waals surface area (Å²) in [6.45, 7) is 7.67. The van der Waals surface area contributed by atoms with Crippen LogP contribution in [0.25, 0.3) is 0 Å². The Bertz CT molecular complexity index is 280. The smallest absolute Gasteiger partial charge is 0.333 e. The third-order valence-electron chi connectivity index (χ3n) is 3.98. The van der Waals surface area contributed by atoms with Crippen LogP contribution in [0.15, 0.2) is 12.2 Å². The molecule has 1 saturated carbocycles. The van der Waals surface area contributed by atoms with Crippen LogP contribution < -0.4 is 0 Å². The lowest BCUT2D eigenvalue weighted by Gasteiger charge is -2.21. The van der Waals surface area contributed by atoms with E-state index in [2.05, 4.69) is 6.58 Å². The fourth-order valence-electron chi connectivity index (χ4n) is 2.71. The van der Waals surface area contributed by atoms with Gasteiger partial charge in [-0.15, -0.1) is 0 Å². The average molecular weight is 282 g/mol. The van der Waals surface area contributed by atoms with E-state index in [-0.39, 0.29) is 5.97 Å². The van der Waals surface area contributed by atoms with Crippen molar-refractivity contribution in [2.45, 2.75) is 64.7 Å². The highest BCUT2D eigenvalue weighted by atomic mass is 16.5. The molecule has 1 aliphatic rings. The Hall–Kier alpha value is -0.830. The van der Waals surface area contributed by atoms with Crippen molar-refractivity contribution in [1.29, 1.82) is 0 Å². The number of hydrogen-bond donors (Lipinski definition) is 0. The van der Waals surface area contributed by atoms with Gasteiger partial charge in [0.15, 0.2) is 0 Å². The molecule has 1 aliphatic carbocycles. The van der Waals surface area contributed by atoms with Crippen molar-refractivity contribution in [2.24, 2.45) is 5.92 Å². The molecule has 0 spiro atoms. The molecule has 0 heterocycles. The first-order valence-electron chi connectivity index (χ1n) is 8.16. The van der Waals surface area contributed by atoms with Crippen molar-refractivity contribution in [3.8, 4) is 0 Å². The predicted molar refractivity (Wildman–Crippen MR) is 81.6 cm³/mol. The van der Waals surface area contributed by atoms with Crippen molar-refractivity contribution in [3.63, 3.8) is 0 Å². The van der Waals surface area contributed by atoms with E-state index in [1.165, 1.54) is 38.5 Å². The van der Waals surface area contributed by atoms with Crippen LogP contribution in [0.2, 0.25) is 0 Å². The molecule has 0 N–H and O–H groups in total. The lowest BCUT2D eigenvalue weighted by Crippen LogP contribution is -2.10. The summed E-state index contributed by atoms with van der Waals surface area (Å²) in [6, 6.07) is 0. The van der Waals surface area contributed by atoms with Crippen LogP contribution in [0.3, 0.4) is 0 Å². The monoisotopic (exact) mass is 282 g/mol. The van der Waals surface area contributed by atoms with Gasteiger partial charge in [0.05, 0.1) is 6.61 Å². The molecule has 0 atom stereocenters. The van der Waals surface area contributed by atoms with Crippen LogP contribution in [0, 0.1) is 5.92 Å². The van der Waals surface area contributed by atoms with Crippen molar-refractivity contribution < 1.29 is 14.3 Å². The van der Waals surface area contributed by atoms with E-state index in [0.29, 0.717) is 18.6 Å². The molecule has 1 rings (SSSR count). The minimum absolute atomic E-state index is 0.259. The Labute approximate surface area is 123 Å². The van der Waals surface area contributed by atoms with Gasteiger partial charge in [-0.2, -0.15) is 0 Å². The van der Waals surface area contributed by atoms with E-state index in [1.54, 1.807) is 0 Å². The summed E-state index contributed by atoms with van der Waals surface area (Å²) in [4.78, 5) is 11.3. The molecule has 116 valence electrons. The van der Waals surface area contributed by atoms with Crippen LogP contribution in [-0.4, -0.2) is 25.8 Å². The number of esters is 1. The van der Waals surface area contributed by atoms with Gasteiger partial charge in [-0.3, -0.25) is 0 Å². The van der Waals surface area contributed by atoms with E-state index < -0.39 is 0 Å². The number of rotatable bonds is 10. The van der Waals surface area contributed by atoms with Crippen molar-refractivity contribution in [2.75, 3.05) is 19.8 Å². The fraction of sp³-hybridized carbons (Fsp3) is 0.824. The molecule has 0 radical (unpaired) electrons. The van der Waals surface area contributed by atoms with Gasteiger partial charge >= 0.3 is 5.97 Å². The van der Waals surface area contributed by atoms with Crippen LogP contribution in [0.4, 0.5) is 0 Å². The van der Waals surface area contributed by atoms with E-state index in [4.69, 9.17) is 9.47 Å². The predicted octanol–water partition coefficient (Wildman–Crippen LogP) is 4.26. The lowest BCUT2D eigenvalue weighted by atomic mass is 9.87. The second-order valence-corrected chi connectivity index (χ2v) is 5.69. The van der Waals surface area contributed by atoms with E-state index in [9.17, 15) is 4.79 Å². The summed E-state index contributed by atoms with van der Waals surface area (Å²) in [6.07, 6.45) is 10.9. The average Bonchev–Trinajstić information content (AvgIpc) is 2.47. The van der Waals surface area contributed by atoms with Gasteiger partial charge in [0, 0.05) is 18.8 Å². The van der Waals surface area contributed by atoms with Crippen LogP contribution in [-0.2, 0) is 14.3 Å². The second-order valence-electron chi connectivity index (χ2n) is 5.69. The number of hydrogen-bond acceptors (Lipinski definition) is 3. The number of unbranched alkanes of at least 4 members (excludes halogenated alkanes) is 1. The van der Waals surface area contributed by atoms with Gasteiger partial charge in [0.2, 0.25) is 0 Å².